The molecule has 1 N–H and O–H groups in total. The van der Waals surface area contributed by atoms with Crippen LogP contribution in [0.4, 0.5) is 5.69 Å². The highest BCUT2D eigenvalue weighted by Crippen LogP contribution is 2.42. The number of anilines is 1. The van der Waals surface area contributed by atoms with Crippen molar-refractivity contribution in [2.75, 3.05) is 18.1 Å². The van der Waals surface area contributed by atoms with Crippen molar-refractivity contribution in [3.05, 3.63) is 65.9 Å². The van der Waals surface area contributed by atoms with Crippen LogP contribution in [0, 0.1) is 0 Å². The maximum atomic E-state index is 13.0. The van der Waals surface area contributed by atoms with Gasteiger partial charge in [0.05, 0.1) is 19.1 Å². The van der Waals surface area contributed by atoms with Gasteiger partial charge in [0.2, 0.25) is 5.91 Å². The van der Waals surface area contributed by atoms with Gasteiger partial charge in [0.25, 0.3) is 0 Å². The highest BCUT2D eigenvalue weighted by Gasteiger charge is 2.35. The van der Waals surface area contributed by atoms with E-state index in [1.165, 1.54) is 16.5 Å². The number of H-pyrrole nitrogens is 1. The minimum absolute atomic E-state index is 0.0303. The molecule has 3 aromatic rings. The lowest BCUT2D eigenvalue weighted by Crippen LogP contribution is -2.32. The molecule has 0 saturated carbocycles. The van der Waals surface area contributed by atoms with Gasteiger partial charge in [0.1, 0.15) is 0 Å². The Balaban J connectivity index is 1.72. The predicted molar refractivity (Wildman–Crippen MR) is 99.8 cm³/mol. The fourth-order valence-corrected chi connectivity index (χ4v) is 3.74. The molecule has 4 nitrogen and oxygen atoms in total. The molecule has 2 heterocycles. The van der Waals surface area contributed by atoms with Crippen LogP contribution in [-0.4, -0.2) is 24.1 Å². The number of nitrogens with one attached hydrogen (secondary N) is 1. The van der Waals surface area contributed by atoms with E-state index in [4.69, 9.17) is 4.74 Å². The Kier molecular flexibility index (Phi) is 4.28. The summed E-state index contributed by atoms with van der Waals surface area (Å²) in [7, 11) is 0. The van der Waals surface area contributed by atoms with Crippen LogP contribution in [0.15, 0.2) is 54.7 Å². The van der Waals surface area contributed by atoms with Crippen molar-refractivity contribution in [3.8, 4) is 0 Å². The molecule has 1 aliphatic rings. The quantitative estimate of drug-likeness (QED) is 0.710. The summed E-state index contributed by atoms with van der Waals surface area (Å²) in [6.07, 6.45) is 3.30. The number of aromatic nitrogens is 1. The second kappa shape index (κ2) is 6.73. The maximum absolute atomic E-state index is 13.0. The molecule has 0 fully saturated rings. The Morgan fingerprint density at radius 1 is 1.20 bits per heavy atom. The van der Waals surface area contributed by atoms with Crippen molar-refractivity contribution in [2.24, 2.45) is 0 Å². The first-order valence-corrected chi connectivity index (χ1v) is 8.83. The first-order valence-electron chi connectivity index (χ1n) is 8.83. The van der Waals surface area contributed by atoms with Crippen LogP contribution in [0.25, 0.3) is 10.9 Å². The molecule has 1 atom stereocenters. The fourth-order valence-electron chi connectivity index (χ4n) is 3.74. The lowest BCUT2D eigenvalue weighted by molar-refractivity contribution is -0.120. The Bertz CT molecular complexity index is 900. The van der Waals surface area contributed by atoms with Gasteiger partial charge in [-0.1, -0.05) is 36.4 Å². The fraction of sp³-hybridized carbons (Fsp3) is 0.286. The zero-order chi connectivity index (χ0) is 17.2. The van der Waals surface area contributed by atoms with Crippen LogP contribution in [-0.2, 0) is 16.0 Å². The highest BCUT2D eigenvalue weighted by atomic mass is 16.5. The molecule has 25 heavy (non-hydrogen) atoms. The van der Waals surface area contributed by atoms with Gasteiger partial charge in [-0.15, -0.1) is 0 Å². The number of hydrogen-bond donors (Lipinski definition) is 1. The van der Waals surface area contributed by atoms with Crippen molar-refractivity contribution in [3.63, 3.8) is 0 Å². The third-order valence-corrected chi connectivity index (χ3v) is 4.89. The monoisotopic (exact) mass is 334 g/mol. The number of aromatic amines is 1. The normalized spacial score (nSPS) is 16.4. The van der Waals surface area contributed by atoms with E-state index in [0.29, 0.717) is 19.6 Å². The number of fused-ring (bicyclic) bond motifs is 2. The average molecular weight is 334 g/mol. The van der Waals surface area contributed by atoms with Gasteiger partial charge in [-0.05, 0) is 31.0 Å². The number of ether oxygens (including phenoxy) is 1. The second-order valence-electron chi connectivity index (χ2n) is 6.35. The number of amides is 1. The van der Waals surface area contributed by atoms with Gasteiger partial charge < -0.3 is 14.6 Å². The third-order valence-electron chi connectivity index (χ3n) is 4.89. The van der Waals surface area contributed by atoms with E-state index in [9.17, 15) is 4.79 Å². The summed E-state index contributed by atoms with van der Waals surface area (Å²) in [6, 6.07) is 16.5. The van der Waals surface area contributed by atoms with Crippen LogP contribution < -0.4 is 4.90 Å². The number of carbonyl (C=O) groups excluding carboxylic acids is 1. The van der Waals surface area contributed by atoms with Crippen LogP contribution in [0.3, 0.4) is 0 Å². The van der Waals surface area contributed by atoms with Crippen molar-refractivity contribution in [1.82, 2.24) is 4.98 Å². The number of benzene rings is 2. The topological polar surface area (TPSA) is 45.3 Å². The van der Waals surface area contributed by atoms with Crippen LogP contribution in [0.5, 0.6) is 0 Å². The zero-order valence-electron chi connectivity index (χ0n) is 14.4. The van der Waals surface area contributed by atoms with Crippen LogP contribution in [0.1, 0.15) is 30.5 Å². The number of nitrogens with zero attached hydrogens (tertiary/aromatic N) is 1. The molecule has 1 aliphatic heterocycles. The molecule has 128 valence electrons. The van der Waals surface area contributed by atoms with E-state index < -0.39 is 0 Å². The Hall–Kier alpha value is -2.59. The SMILES string of the molecule is CCOCCC(=O)N1c2ccccc2CC1c1c[nH]c2ccccc12. The van der Waals surface area contributed by atoms with Gasteiger partial charge in [-0.3, -0.25) is 4.79 Å². The Labute approximate surface area is 147 Å². The van der Waals surface area contributed by atoms with E-state index in [0.717, 1.165) is 17.6 Å². The molecule has 1 unspecified atom stereocenters. The molecule has 0 saturated heterocycles. The minimum Gasteiger partial charge on any atom is -0.381 e. The molecule has 1 aromatic heterocycles. The molecule has 0 aliphatic carbocycles. The summed E-state index contributed by atoms with van der Waals surface area (Å²) in [5.41, 5.74) is 4.54. The number of para-hydroxylation sites is 2. The number of rotatable bonds is 5. The van der Waals surface area contributed by atoms with E-state index in [-0.39, 0.29) is 11.9 Å². The lowest BCUT2D eigenvalue weighted by atomic mass is 10.0. The van der Waals surface area contributed by atoms with E-state index >= 15 is 0 Å². The van der Waals surface area contributed by atoms with E-state index in [2.05, 4.69) is 23.2 Å². The summed E-state index contributed by atoms with van der Waals surface area (Å²) in [5.74, 6) is 0.119. The van der Waals surface area contributed by atoms with Gasteiger partial charge in [0.15, 0.2) is 0 Å². The maximum Gasteiger partial charge on any atom is 0.229 e. The van der Waals surface area contributed by atoms with Crippen molar-refractivity contribution < 1.29 is 9.53 Å². The largest absolute Gasteiger partial charge is 0.381 e. The average Bonchev–Trinajstić information content (AvgIpc) is 3.23. The smallest absolute Gasteiger partial charge is 0.229 e. The van der Waals surface area contributed by atoms with E-state index in [1.807, 2.05) is 48.4 Å². The van der Waals surface area contributed by atoms with Crippen molar-refractivity contribution in [1.29, 1.82) is 0 Å². The third kappa shape index (κ3) is 2.83. The summed E-state index contributed by atoms with van der Waals surface area (Å²) in [4.78, 5) is 18.3. The molecular weight excluding hydrogens is 312 g/mol. The van der Waals surface area contributed by atoms with Crippen molar-refractivity contribution >= 4 is 22.5 Å². The summed E-state index contributed by atoms with van der Waals surface area (Å²) >= 11 is 0. The summed E-state index contributed by atoms with van der Waals surface area (Å²) in [5, 5.41) is 1.18. The summed E-state index contributed by atoms with van der Waals surface area (Å²) in [6.45, 7) is 3.05. The molecule has 2 aromatic carbocycles. The minimum atomic E-state index is 0.0303. The molecule has 1 amide bonds. The lowest BCUT2D eigenvalue weighted by Gasteiger charge is -2.25. The molecule has 4 rings (SSSR count). The van der Waals surface area contributed by atoms with Crippen LogP contribution >= 0.6 is 0 Å². The molecular formula is C21H22N2O2. The highest BCUT2D eigenvalue weighted by molar-refractivity contribution is 5.98. The predicted octanol–water partition coefficient (Wildman–Crippen LogP) is 4.22. The van der Waals surface area contributed by atoms with Crippen molar-refractivity contribution in [2.45, 2.75) is 25.8 Å². The molecule has 0 radical (unpaired) electrons. The van der Waals surface area contributed by atoms with Crippen LogP contribution in [0.2, 0.25) is 0 Å². The first-order chi connectivity index (χ1) is 12.3. The Morgan fingerprint density at radius 3 is 2.88 bits per heavy atom. The van der Waals surface area contributed by atoms with Gasteiger partial charge in [-0.2, -0.15) is 0 Å². The molecule has 0 spiro atoms. The first kappa shape index (κ1) is 15.9. The number of carbonyl (C=O) groups is 1. The van der Waals surface area contributed by atoms with Gasteiger partial charge in [0, 0.05) is 35.0 Å². The van der Waals surface area contributed by atoms with Gasteiger partial charge in [-0.25, -0.2) is 0 Å². The van der Waals surface area contributed by atoms with E-state index in [1.54, 1.807) is 0 Å². The molecule has 0 bridgehead atoms. The van der Waals surface area contributed by atoms with Gasteiger partial charge >= 0.3 is 0 Å². The zero-order valence-corrected chi connectivity index (χ0v) is 14.4. The number of hydrogen-bond acceptors (Lipinski definition) is 2. The summed E-state index contributed by atoms with van der Waals surface area (Å²) < 4.78 is 5.39. The second-order valence-corrected chi connectivity index (χ2v) is 6.35. The Morgan fingerprint density at radius 2 is 2.00 bits per heavy atom. The molecule has 4 heteroatoms. The standard InChI is InChI=1S/C21H22N2O2/c1-2-25-12-11-21(24)23-19-10-6-3-7-15(19)13-20(23)17-14-22-18-9-5-4-8-16(17)18/h3-10,14,20,22H,2,11-13H2,1H3.